The van der Waals surface area contributed by atoms with Crippen molar-refractivity contribution in [2.75, 3.05) is 31.1 Å². The van der Waals surface area contributed by atoms with E-state index < -0.39 is 6.10 Å². The molecule has 1 N–H and O–H groups in total. The van der Waals surface area contributed by atoms with Crippen molar-refractivity contribution in [2.45, 2.75) is 6.10 Å². The Morgan fingerprint density at radius 2 is 1.73 bits per heavy atom. The SMILES string of the molecule is O=C(c1ccc2nccnc2c1)N1CCN(c2ccncc2)CC(O)C1. The zero-order valence-corrected chi connectivity index (χ0v) is 14.2. The maximum absolute atomic E-state index is 12.9. The summed E-state index contributed by atoms with van der Waals surface area (Å²) in [5.41, 5.74) is 2.99. The first-order valence-corrected chi connectivity index (χ1v) is 8.54. The summed E-state index contributed by atoms with van der Waals surface area (Å²) in [6.07, 6.45) is 6.08. The molecule has 1 aromatic carbocycles. The second-order valence-corrected chi connectivity index (χ2v) is 6.32. The molecule has 132 valence electrons. The molecular weight excluding hydrogens is 330 g/mol. The molecule has 0 bridgehead atoms. The van der Waals surface area contributed by atoms with E-state index in [1.54, 1.807) is 47.9 Å². The highest BCUT2D eigenvalue weighted by atomic mass is 16.3. The van der Waals surface area contributed by atoms with Crippen molar-refractivity contribution < 1.29 is 9.90 Å². The van der Waals surface area contributed by atoms with Gasteiger partial charge in [-0.3, -0.25) is 19.7 Å². The van der Waals surface area contributed by atoms with Gasteiger partial charge in [-0.1, -0.05) is 0 Å². The lowest BCUT2D eigenvalue weighted by molar-refractivity contribution is 0.0674. The number of aliphatic hydroxyl groups excluding tert-OH is 1. The number of nitrogens with zero attached hydrogens (tertiary/aromatic N) is 5. The third kappa shape index (κ3) is 3.34. The van der Waals surface area contributed by atoms with Crippen molar-refractivity contribution in [2.24, 2.45) is 0 Å². The molecule has 1 unspecified atom stereocenters. The zero-order chi connectivity index (χ0) is 17.9. The second-order valence-electron chi connectivity index (χ2n) is 6.32. The van der Waals surface area contributed by atoms with Crippen LogP contribution in [0.3, 0.4) is 0 Å². The minimum absolute atomic E-state index is 0.104. The van der Waals surface area contributed by atoms with E-state index in [0.717, 1.165) is 11.2 Å². The molecule has 1 atom stereocenters. The predicted octanol–water partition coefficient (Wildman–Crippen LogP) is 1.35. The summed E-state index contributed by atoms with van der Waals surface area (Å²) in [6, 6.07) is 9.13. The smallest absolute Gasteiger partial charge is 0.254 e. The Hall–Kier alpha value is -3.06. The highest BCUT2D eigenvalue weighted by Gasteiger charge is 2.25. The fraction of sp³-hybridized carbons (Fsp3) is 0.263. The number of anilines is 1. The van der Waals surface area contributed by atoms with Crippen molar-refractivity contribution in [3.8, 4) is 0 Å². The monoisotopic (exact) mass is 349 g/mol. The molecule has 26 heavy (non-hydrogen) atoms. The van der Waals surface area contributed by atoms with Crippen LogP contribution >= 0.6 is 0 Å². The highest BCUT2D eigenvalue weighted by Crippen LogP contribution is 2.18. The number of hydrogen-bond acceptors (Lipinski definition) is 6. The van der Waals surface area contributed by atoms with Crippen molar-refractivity contribution in [1.29, 1.82) is 0 Å². The van der Waals surface area contributed by atoms with Crippen LogP contribution in [0, 0.1) is 0 Å². The molecule has 0 saturated carbocycles. The van der Waals surface area contributed by atoms with Crippen molar-refractivity contribution in [1.82, 2.24) is 19.9 Å². The van der Waals surface area contributed by atoms with Crippen LogP contribution in [-0.4, -0.2) is 63.1 Å². The van der Waals surface area contributed by atoms with Gasteiger partial charge in [-0.2, -0.15) is 0 Å². The largest absolute Gasteiger partial charge is 0.389 e. The summed E-state index contributed by atoms with van der Waals surface area (Å²) < 4.78 is 0. The first kappa shape index (κ1) is 16.4. The lowest BCUT2D eigenvalue weighted by atomic mass is 10.1. The van der Waals surface area contributed by atoms with Crippen molar-refractivity contribution >= 4 is 22.6 Å². The lowest BCUT2D eigenvalue weighted by Gasteiger charge is -2.23. The average Bonchev–Trinajstić information content (AvgIpc) is 2.89. The topological polar surface area (TPSA) is 82.5 Å². The van der Waals surface area contributed by atoms with Gasteiger partial charge >= 0.3 is 0 Å². The average molecular weight is 349 g/mol. The van der Waals surface area contributed by atoms with Crippen molar-refractivity contribution in [3.05, 3.63) is 60.7 Å². The molecule has 2 aromatic heterocycles. The van der Waals surface area contributed by atoms with Crippen LogP contribution < -0.4 is 4.90 Å². The van der Waals surface area contributed by atoms with Gasteiger partial charge in [0.2, 0.25) is 0 Å². The number of aromatic nitrogens is 3. The molecule has 7 heteroatoms. The number of carbonyl (C=O) groups excluding carboxylic acids is 1. The summed E-state index contributed by atoms with van der Waals surface area (Å²) in [5.74, 6) is -0.104. The summed E-state index contributed by atoms with van der Waals surface area (Å²) in [5, 5.41) is 10.4. The van der Waals surface area contributed by atoms with Crippen LogP contribution in [0.4, 0.5) is 5.69 Å². The molecule has 4 rings (SSSR count). The Kier molecular flexibility index (Phi) is 4.45. The van der Waals surface area contributed by atoms with E-state index in [9.17, 15) is 9.90 Å². The van der Waals surface area contributed by atoms with E-state index in [1.165, 1.54) is 0 Å². The summed E-state index contributed by atoms with van der Waals surface area (Å²) >= 11 is 0. The van der Waals surface area contributed by atoms with Gasteiger partial charge in [0.25, 0.3) is 5.91 Å². The van der Waals surface area contributed by atoms with Gasteiger partial charge in [-0.25, -0.2) is 0 Å². The van der Waals surface area contributed by atoms with Crippen LogP contribution in [0.2, 0.25) is 0 Å². The fourth-order valence-electron chi connectivity index (χ4n) is 3.24. The molecule has 1 aliphatic rings. The molecule has 0 spiro atoms. The van der Waals surface area contributed by atoms with E-state index in [2.05, 4.69) is 19.9 Å². The zero-order valence-electron chi connectivity index (χ0n) is 14.2. The summed E-state index contributed by atoms with van der Waals surface area (Å²) in [7, 11) is 0. The maximum atomic E-state index is 12.9. The summed E-state index contributed by atoms with van der Waals surface area (Å²) in [6.45, 7) is 1.98. The van der Waals surface area contributed by atoms with Crippen LogP contribution in [0.1, 0.15) is 10.4 Å². The van der Waals surface area contributed by atoms with E-state index in [1.807, 2.05) is 12.1 Å². The Morgan fingerprint density at radius 1 is 0.962 bits per heavy atom. The number of hydrogen-bond donors (Lipinski definition) is 1. The molecule has 0 aliphatic carbocycles. The first-order chi connectivity index (χ1) is 12.7. The number of amides is 1. The van der Waals surface area contributed by atoms with Crippen molar-refractivity contribution in [3.63, 3.8) is 0 Å². The Balaban J connectivity index is 1.54. The summed E-state index contributed by atoms with van der Waals surface area (Å²) in [4.78, 5) is 29.2. The highest BCUT2D eigenvalue weighted by molar-refractivity contribution is 5.97. The molecule has 3 aromatic rings. The van der Waals surface area contributed by atoms with Crippen LogP contribution in [-0.2, 0) is 0 Å². The van der Waals surface area contributed by atoms with Gasteiger partial charge in [0.15, 0.2) is 0 Å². The molecule has 1 fully saturated rings. The predicted molar refractivity (Wildman–Crippen MR) is 97.9 cm³/mol. The molecule has 1 saturated heterocycles. The van der Waals surface area contributed by atoms with Crippen LogP contribution in [0.5, 0.6) is 0 Å². The standard InChI is InChI=1S/C19H19N5O2/c25-16-12-23(15-3-5-20-6-4-15)9-10-24(13-16)19(26)14-1-2-17-18(11-14)22-8-7-21-17/h1-8,11,16,25H,9-10,12-13H2. The quantitative estimate of drug-likeness (QED) is 0.752. The minimum atomic E-state index is -0.616. The van der Waals surface area contributed by atoms with Crippen LogP contribution in [0.15, 0.2) is 55.1 Å². The Labute approximate surface area is 150 Å². The number of aliphatic hydroxyl groups is 1. The van der Waals surface area contributed by atoms with E-state index >= 15 is 0 Å². The van der Waals surface area contributed by atoms with E-state index in [0.29, 0.717) is 37.3 Å². The molecule has 3 heterocycles. The number of pyridine rings is 1. The Bertz CT molecular complexity index is 918. The number of carbonyl (C=O) groups is 1. The second kappa shape index (κ2) is 7.05. The van der Waals surface area contributed by atoms with Gasteiger partial charge in [-0.15, -0.1) is 0 Å². The van der Waals surface area contributed by atoms with E-state index in [4.69, 9.17) is 0 Å². The molecule has 1 amide bonds. The number of rotatable bonds is 2. The normalized spacial score (nSPS) is 18.0. The molecular formula is C19H19N5O2. The molecule has 1 aliphatic heterocycles. The number of benzene rings is 1. The fourth-order valence-corrected chi connectivity index (χ4v) is 3.24. The van der Waals surface area contributed by atoms with E-state index in [-0.39, 0.29) is 5.91 Å². The molecule has 7 nitrogen and oxygen atoms in total. The first-order valence-electron chi connectivity index (χ1n) is 8.54. The van der Waals surface area contributed by atoms with Gasteiger partial charge in [-0.05, 0) is 30.3 Å². The van der Waals surface area contributed by atoms with Crippen LogP contribution in [0.25, 0.3) is 11.0 Å². The Morgan fingerprint density at radius 3 is 2.54 bits per heavy atom. The third-order valence-corrected chi connectivity index (χ3v) is 4.53. The van der Waals surface area contributed by atoms with Gasteiger partial charge < -0.3 is 14.9 Å². The molecule has 0 radical (unpaired) electrons. The van der Waals surface area contributed by atoms with Gasteiger partial charge in [0.1, 0.15) is 0 Å². The van der Waals surface area contributed by atoms with Gasteiger partial charge in [0, 0.05) is 62.2 Å². The minimum Gasteiger partial charge on any atom is -0.389 e. The number of β-amino-alcohol motifs (C(OH)–C–C–N with tert-alkyl or cyclic N) is 1. The third-order valence-electron chi connectivity index (χ3n) is 4.53. The maximum Gasteiger partial charge on any atom is 0.254 e. The number of fused-ring (bicyclic) bond motifs is 1. The van der Waals surface area contributed by atoms with Gasteiger partial charge in [0.05, 0.1) is 17.1 Å². The lowest BCUT2D eigenvalue weighted by Crippen LogP contribution is -2.37.